The van der Waals surface area contributed by atoms with Gasteiger partial charge in [-0.15, -0.1) is 5.10 Å². The summed E-state index contributed by atoms with van der Waals surface area (Å²) >= 11 is 1.18. The molecule has 1 aliphatic carbocycles. The molecule has 1 unspecified atom stereocenters. The van der Waals surface area contributed by atoms with E-state index in [0.29, 0.717) is 10.9 Å². The Hall–Kier alpha value is -3.46. The zero-order chi connectivity index (χ0) is 21.8. The van der Waals surface area contributed by atoms with E-state index < -0.39 is 11.2 Å². The minimum Gasteiger partial charge on any atom is -0.478 e. The van der Waals surface area contributed by atoms with Crippen LogP contribution < -0.4 is 10.6 Å². The maximum Gasteiger partial charge on any atom is 0.335 e. The fourth-order valence-corrected chi connectivity index (χ4v) is 4.39. The first kappa shape index (κ1) is 20.8. The highest BCUT2D eigenvalue weighted by molar-refractivity contribution is 8.15. The van der Waals surface area contributed by atoms with Gasteiger partial charge in [-0.3, -0.25) is 9.59 Å². The molecule has 8 nitrogen and oxygen atoms in total. The summed E-state index contributed by atoms with van der Waals surface area (Å²) in [5, 5.41) is 22.6. The quantitative estimate of drug-likeness (QED) is 0.622. The first-order valence-electron chi connectivity index (χ1n) is 9.83. The number of aryl methyl sites for hydroxylation is 1. The number of nitrogens with zero attached hydrogens (tertiary/aromatic N) is 2. The number of carboxylic acids is 1. The van der Waals surface area contributed by atoms with Crippen LogP contribution in [0.4, 0.5) is 5.69 Å². The van der Waals surface area contributed by atoms with Crippen LogP contribution in [0.15, 0.2) is 58.7 Å². The molecule has 1 fully saturated rings. The maximum atomic E-state index is 12.3. The Bertz CT molecular complexity index is 1090. The lowest BCUT2D eigenvalue weighted by Gasteiger charge is -2.16. The molecule has 2 amide bonds. The number of hydrogen-bond acceptors (Lipinski definition) is 6. The van der Waals surface area contributed by atoms with Crippen molar-refractivity contribution in [1.29, 1.82) is 0 Å². The monoisotopic (exact) mass is 436 g/mol. The van der Waals surface area contributed by atoms with Gasteiger partial charge in [0.1, 0.15) is 5.25 Å². The summed E-state index contributed by atoms with van der Waals surface area (Å²) in [6.45, 7) is 0. The van der Waals surface area contributed by atoms with E-state index in [1.54, 1.807) is 0 Å². The van der Waals surface area contributed by atoms with Crippen LogP contribution in [0.1, 0.15) is 40.7 Å². The second kappa shape index (κ2) is 9.13. The molecule has 158 valence electrons. The van der Waals surface area contributed by atoms with Crippen molar-refractivity contribution in [3.05, 3.63) is 65.2 Å². The molecule has 3 N–H and O–H groups in total. The normalized spacial score (nSPS) is 20.4. The molecule has 2 aromatic carbocycles. The molecule has 0 radical (unpaired) electrons. The summed E-state index contributed by atoms with van der Waals surface area (Å²) < 4.78 is 0. The average molecular weight is 436 g/mol. The van der Waals surface area contributed by atoms with Gasteiger partial charge in [0.15, 0.2) is 5.17 Å². The summed E-state index contributed by atoms with van der Waals surface area (Å²) in [4.78, 5) is 35.4. The smallest absolute Gasteiger partial charge is 0.335 e. The number of hydrogen-bond donors (Lipinski definition) is 3. The van der Waals surface area contributed by atoms with Crippen LogP contribution >= 0.6 is 11.8 Å². The van der Waals surface area contributed by atoms with E-state index in [2.05, 4.69) is 26.9 Å². The molecule has 31 heavy (non-hydrogen) atoms. The van der Waals surface area contributed by atoms with Crippen LogP contribution in [-0.4, -0.2) is 39.0 Å². The van der Waals surface area contributed by atoms with E-state index in [9.17, 15) is 14.4 Å². The highest BCUT2D eigenvalue weighted by Crippen LogP contribution is 2.25. The Kier molecular flexibility index (Phi) is 6.13. The maximum absolute atomic E-state index is 12.3. The van der Waals surface area contributed by atoms with Crippen molar-refractivity contribution in [2.75, 3.05) is 5.32 Å². The fraction of sp³-hybridized carbons (Fsp3) is 0.227. The molecule has 1 heterocycles. The van der Waals surface area contributed by atoms with Crippen molar-refractivity contribution < 1.29 is 19.5 Å². The second-order valence-corrected chi connectivity index (χ2v) is 8.38. The Balaban J connectivity index is 1.37. The van der Waals surface area contributed by atoms with E-state index in [0.717, 1.165) is 30.5 Å². The summed E-state index contributed by atoms with van der Waals surface area (Å²) in [6, 6.07) is 13.9. The van der Waals surface area contributed by atoms with E-state index in [1.807, 2.05) is 18.2 Å². The number of anilines is 1. The van der Waals surface area contributed by atoms with E-state index >= 15 is 0 Å². The van der Waals surface area contributed by atoms with E-state index in [1.165, 1.54) is 41.6 Å². The zero-order valence-corrected chi connectivity index (χ0v) is 17.3. The molecular formula is C22H20N4O4S. The summed E-state index contributed by atoms with van der Waals surface area (Å²) in [7, 11) is 0. The molecule has 1 saturated heterocycles. The minimum atomic E-state index is -1.04. The number of carbonyl (C=O) groups is 3. The third-order valence-electron chi connectivity index (χ3n) is 5.01. The number of amidine groups is 1. The number of fused-ring (bicyclic) bond motifs is 1. The van der Waals surface area contributed by atoms with Gasteiger partial charge in [0.25, 0.3) is 0 Å². The van der Waals surface area contributed by atoms with Crippen molar-refractivity contribution in [1.82, 2.24) is 5.32 Å². The number of thioether (sulfide) groups is 1. The molecule has 4 rings (SSSR count). The average Bonchev–Trinajstić information content (AvgIpc) is 3.11. The van der Waals surface area contributed by atoms with Crippen LogP contribution in [0, 0.1) is 0 Å². The lowest BCUT2D eigenvalue weighted by molar-refractivity contribution is -0.122. The summed E-state index contributed by atoms with van der Waals surface area (Å²) in [5.41, 5.74) is 3.84. The van der Waals surface area contributed by atoms with Crippen LogP contribution in [0.3, 0.4) is 0 Å². The number of benzene rings is 2. The van der Waals surface area contributed by atoms with Crippen molar-refractivity contribution in [3.8, 4) is 0 Å². The van der Waals surface area contributed by atoms with E-state index in [-0.39, 0.29) is 23.8 Å². The Morgan fingerprint density at radius 3 is 2.65 bits per heavy atom. The van der Waals surface area contributed by atoms with Crippen LogP contribution in [0.25, 0.3) is 0 Å². The SMILES string of the molecule is O=C(CC1SC(=NN=C2CCCc3ccccc32)NC1=O)Nc1ccc(C(=O)O)cc1. The zero-order valence-electron chi connectivity index (χ0n) is 16.5. The van der Waals surface area contributed by atoms with Crippen LogP contribution in [-0.2, 0) is 16.0 Å². The summed E-state index contributed by atoms with van der Waals surface area (Å²) in [5.74, 6) is -1.67. The third-order valence-corrected chi connectivity index (χ3v) is 6.08. The van der Waals surface area contributed by atoms with E-state index in [4.69, 9.17) is 5.11 Å². The van der Waals surface area contributed by atoms with Gasteiger partial charge in [-0.25, -0.2) is 4.79 Å². The van der Waals surface area contributed by atoms with Crippen molar-refractivity contribution in [2.24, 2.45) is 10.2 Å². The molecule has 2 aromatic rings. The molecule has 1 aliphatic heterocycles. The van der Waals surface area contributed by atoms with Crippen molar-refractivity contribution in [2.45, 2.75) is 30.9 Å². The second-order valence-electron chi connectivity index (χ2n) is 7.19. The van der Waals surface area contributed by atoms with Gasteiger partial charge in [-0.2, -0.15) is 5.10 Å². The standard InChI is InChI=1S/C22H20N4O4S/c27-19(23-15-10-8-14(9-11-15)21(29)30)12-18-20(28)24-22(31-18)26-25-17-7-3-5-13-4-1-2-6-16(13)17/h1-2,4,6,8-11,18H,3,5,7,12H2,(H,23,27)(H,29,30)(H,24,26,28). The number of aromatic carboxylic acids is 1. The lowest BCUT2D eigenvalue weighted by Crippen LogP contribution is -2.28. The van der Waals surface area contributed by atoms with Gasteiger partial charge in [0, 0.05) is 17.7 Å². The van der Waals surface area contributed by atoms with Gasteiger partial charge in [-0.1, -0.05) is 36.0 Å². The summed E-state index contributed by atoms with van der Waals surface area (Å²) in [6.07, 6.45) is 2.83. The first-order chi connectivity index (χ1) is 15.0. The fourth-order valence-electron chi connectivity index (χ4n) is 3.47. The molecule has 0 saturated carbocycles. The Morgan fingerprint density at radius 1 is 1.10 bits per heavy atom. The molecule has 1 atom stereocenters. The molecule has 0 spiro atoms. The highest BCUT2D eigenvalue weighted by Gasteiger charge is 2.32. The number of rotatable bonds is 5. The van der Waals surface area contributed by atoms with Gasteiger partial charge >= 0.3 is 5.97 Å². The van der Waals surface area contributed by atoms with Gasteiger partial charge in [0.2, 0.25) is 11.8 Å². The van der Waals surface area contributed by atoms with Crippen LogP contribution in [0.5, 0.6) is 0 Å². The van der Waals surface area contributed by atoms with Crippen molar-refractivity contribution >= 4 is 46.1 Å². The molecule has 2 aliphatic rings. The number of amides is 2. The predicted molar refractivity (Wildman–Crippen MR) is 120 cm³/mol. The first-order valence-corrected chi connectivity index (χ1v) is 10.7. The van der Waals surface area contributed by atoms with Gasteiger partial charge in [-0.05, 0) is 49.1 Å². The Labute approximate surface area is 182 Å². The van der Waals surface area contributed by atoms with Crippen molar-refractivity contribution in [3.63, 3.8) is 0 Å². The van der Waals surface area contributed by atoms with Gasteiger partial charge < -0.3 is 15.7 Å². The topological polar surface area (TPSA) is 120 Å². The molecule has 9 heteroatoms. The number of carboxylic acid groups (broad SMARTS) is 1. The molecule has 0 bridgehead atoms. The van der Waals surface area contributed by atoms with Gasteiger partial charge in [0.05, 0.1) is 11.3 Å². The molecule has 0 aromatic heterocycles. The predicted octanol–water partition coefficient (Wildman–Crippen LogP) is 3.04. The third kappa shape index (κ3) is 5.00. The number of carbonyl (C=O) groups excluding carboxylic acids is 2. The minimum absolute atomic E-state index is 0.0321. The highest BCUT2D eigenvalue weighted by atomic mass is 32.2. The van der Waals surface area contributed by atoms with Crippen LogP contribution in [0.2, 0.25) is 0 Å². The largest absolute Gasteiger partial charge is 0.478 e. The Morgan fingerprint density at radius 2 is 1.87 bits per heavy atom. The lowest BCUT2D eigenvalue weighted by atomic mass is 9.90. The molecular weight excluding hydrogens is 416 g/mol. The number of nitrogens with one attached hydrogen (secondary N) is 2.